The maximum absolute atomic E-state index is 10.6. The largest absolute Gasteiger partial charge is 0.393 e. The summed E-state index contributed by atoms with van der Waals surface area (Å²) in [6.07, 6.45) is 12.9. The maximum Gasteiger partial charge on any atom is 0.0569 e. The van der Waals surface area contributed by atoms with E-state index in [-0.39, 0.29) is 6.10 Å². The van der Waals surface area contributed by atoms with Gasteiger partial charge in [0.2, 0.25) is 0 Å². The number of rotatable bonds is 5. The summed E-state index contributed by atoms with van der Waals surface area (Å²) in [4.78, 5) is 0. The number of aliphatic hydroxyl groups excluding tert-OH is 1. The van der Waals surface area contributed by atoms with E-state index in [4.69, 9.17) is 0 Å². The van der Waals surface area contributed by atoms with Crippen molar-refractivity contribution in [3.63, 3.8) is 0 Å². The predicted molar refractivity (Wildman–Crippen MR) is 133 cm³/mol. The van der Waals surface area contributed by atoms with Crippen molar-refractivity contribution < 1.29 is 5.11 Å². The highest BCUT2D eigenvalue weighted by molar-refractivity contribution is 5.38. The topological polar surface area (TPSA) is 20.2 Å². The van der Waals surface area contributed by atoms with Crippen molar-refractivity contribution in [1.82, 2.24) is 0 Å². The molecule has 0 aliphatic heterocycles. The third-order valence-corrected chi connectivity index (χ3v) is 12.0. The molecule has 0 radical (unpaired) electrons. The van der Waals surface area contributed by atoms with Gasteiger partial charge in [0.1, 0.15) is 0 Å². The van der Waals surface area contributed by atoms with Crippen LogP contribution in [-0.4, -0.2) is 11.2 Å². The molecule has 0 aromatic heterocycles. The molecule has 0 saturated heterocycles. The number of hydrogen-bond donors (Lipinski definition) is 1. The van der Waals surface area contributed by atoms with E-state index >= 15 is 0 Å². The van der Waals surface area contributed by atoms with Crippen molar-refractivity contribution in [2.24, 2.45) is 45.8 Å². The van der Waals surface area contributed by atoms with Gasteiger partial charge in [-0.2, -0.15) is 0 Å². The normalized spacial score (nSPS) is 46.7. The average Bonchev–Trinajstić information content (AvgIpc) is 3.00. The predicted octanol–water partition coefficient (Wildman–Crippen LogP) is 8.34. The summed E-state index contributed by atoms with van der Waals surface area (Å²) in [7, 11) is 0. The first kappa shape index (κ1) is 23.6. The van der Waals surface area contributed by atoms with Crippen molar-refractivity contribution >= 4 is 0 Å². The summed E-state index contributed by atoms with van der Waals surface area (Å²) in [6, 6.07) is 0. The Hall–Kier alpha value is -0.560. The van der Waals surface area contributed by atoms with Crippen LogP contribution >= 0.6 is 0 Å². The van der Waals surface area contributed by atoms with E-state index in [2.05, 4.69) is 55.0 Å². The Morgan fingerprint density at radius 3 is 2.39 bits per heavy atom. The van der Waals surface area contributed by atoms with Crippen molar-refractivity contribution in [3.8, 4) is 0 Å². The molecule has 1 unspecified atom stereocenters. The smallest absolute Gasteiger partial charge is 0.0569 e. The van der Waals surface area contributed by atoms with Gasteiger partial charge in [0.05, 0.1) is 6.10 Å². The lowest BCUT2D eigenvalue weighted by Gasteiger charge is -2.60. The molecule has 0 aromatic rings. The molecule has 4 aliphatic rings. The molecule has 0 amide bonds. The van der Waals surface area contributed by atoms with Crippen LogP contribution in [-0.2, 0) is 0 Å². The van der Waals surface area contributed by atoms with Gasteiger partial charge in [-0.3, -0.25) is 0 Å². The average molecular weight is 427 g/mol. The van der Waals surface area contributed by atoms with E-state index in [1.165, 1.54) is 63.4 Å². The fourth-order valence-corrected chi connectivity index (χ4v) is 9.21. The molecule has 0 heterocycles. The Balaban J connectivity index is 1.60. The fraction of sp³-hybridized carbons (Fsp3) is 0.867. The quantitative estimate of drug-likeness (QED) is 0.438. The lowest BCUT2D eigenvalue weighted by Crippen LogP contribution is -2.51. The van der Waals surface area contributed by atoms with Gasteiger partial charge in [0.15, 0.2) is 0 Å². The van der Waals surface area contributed by atoms with E-state index in [9.17, 15) is 5.11 Å². The molecule has 0 aromatic carbocycles. The van der Waals surface area contributed by atoms with Gasteiger partial charge < -0.3 is 5.11 Å². The first-order chi connectivity index (χ1) is 14.5. The van der Waals surface area contributed by atoms with Gasteiger partial charge in [-0.25, -0.2) is 0 Å². The molecule has 0 spiro atoms. The lowest BCUT2D eigenvalue weighted by molar-refractivity contribution is -0.0413. The molecule has 9 atom stereocenters. The van der Waals surface area contributed by atoms with Crippen molar-refractivity contribution in [1.29, 1.82) is 0 Å². The number of fused-ring (bicyclic) bond motifs is 4. The van der Waals surface area contributed by atoms with Crippen LogP contribution in [0.3, 0.4) is 0 Å². The summed E-state index contributed by atoms with van der Waals surface area (Å²) in [5.74, 6) is 3.47. The monoisotopic (exact) mass is 426 g/mol. The number of allylic oxidation sites excluding steroid dienone is 3. The molecule has 1 nitrogen and oxygen atoms in total. The van der Waals surface area contributed by atoms with Gasteiger partial charge in [-0.1, -0.05) is 64.8 Å². The van der Waals surface area contributed by atoms with Crippen molar-refractivity contribution in [3.05, 3.63) is 23.3 Å². The van der Waals surface area contributed by atoms with E-state index in [0.717, 1.165) is 18.3 Å². The van der Waals surface area contributed by atoms with Crippen LogP contribution in [0.25, 0.3) is 0 Å². The Kier molecular flexibility index (Phi) is 6.11. The van der Waals surface area contributed by atoms with Crippen LogP contribution in [0, 0.1) is 45.8 Å². The van der Waals surface area contributed by atoms with Crippen LogP contribution in [0.4, 0.5) is 0 Å². The first-order valence-electron chi connectivity index (χ1n) is 13.5. The second kappa shape index (κ2) is 8.03. The Bertz CT molecular complexity index is 748. The highest BCUT2D eigenvalue weighted by Gasteiger charge is 2.62. The summed E-state index contributed by atoms with van der Waals surface area (Å²) in [5.41, 5.74) is 6.28. The van der Waals surface area contributed by atoms with Crippen LogP contribution < -0.4 is 0 Å². The molecule has 4 rings (SSSR count). The highest BCUT2D eigenvalue weighted by atomic mass is 16.3. The highest BCUT2D eigenvalue weighted by Crippen LogP contribution is 2.71. The zero-order valence-corrected chi connectivity index (χ0v) is 21.7. The van der Waals surface area contributed by atoms with Crippen LogP contribution in [0.1, 0.15) is 113 Å². The summed E-state index contributed by atoms with van der Waals surface area (Å²) < 4.78 is 0. The second-order valence-corrected chi connectivity index (χ2v) is 13.2. The molecule has 176 valence electrons. The molecule has 1 heteroatoms. The van der Waals surface area contributed by atoms with Crippen LogP contribution in [0.2, 0.25) is 0 Å². The van der Waals surface area contributed by atoms with Gasteiger partial charge in [0.25, 0.3) is 0 Å². The summed E-state index contributed by atoms with van der Waals surface area (Å²) in [5, 5.41) is 10.6. The van der Waals surface area contributed by atoms with Gasteiger partial charge in [0, 0.05) is 0 Å². The fourth-order valence-electron chi connectivity index (χ4n) is 9.21. The van der Waals surface area contributed by atoms with Gasteiger partial charge in [-0.15, -0.1) is 0 Å². The zero-order chi connectivity index (χ0) is 22.8. The van der Waals surface area contributed by atoms with Crippen molar-refractivity contribution in [2.75, 3.05) is 0 Å². The first-order valence-corrected chi connectivity index (χ1v) is 13.5. The van der Waals surface area contributed by atoms with E-state index in [0.29, 0.717) is 34.0 Å². The number of aliphatic hydroxyl groups is 1. The molecular weight excluding hydrogens is 376 g/mol. The minimum absolute atomic E-state index is 0.0806. The molecule has 4 aliphatic carbocycles. The molecule has 2 saturated carbocycles. The molecule has 0 bridgehead atoms. The third kappa shape index (κ3) is 3.43. The SMILES string of the molecule is C=C(C)[C@@H](C)CC[C@@H](C)C1CC[C@@]2(C)C3=C(CC[C@]12C)[C@@]1(C)CC[C@H](O)[C@@H](C)[C@@H]1CC3. The number of hydrogen-bond acceptors (Lipinski definition) is 1. The van der Waals surface area contributed by atoms with Crippen LogP contribution in [0.15, 0.2) is 23.3 Å². The van der Waals surface area contributed by atoms with Gasteiger partial charge in [-0.05, 0) is 117 Å². The molecule has 1 N–H and O–H groups in total. The molecule has 2 fully saturated rings. The zero-order valence-electron chi connectivity index (χ0n) is 21.7. The van der Waals surface area contributed by atoms with Crippen molar-refractivity contribution in [2.45, 2.75) is 119 Å². The Morgan fingerprint density at radius 2 is 1.71 bits per heavy atom. The second-order valence-electron chi connectivity index (χ2n) is 13.2. The molecular formula is C30H50O. The Morgan fingerprint density at radius 1 is 1.00 bits per heavy atom. The van der Waals surface area contributed by atoms with E-state index in [1.807, 2.05) is 11.1 Å². The van der Waals surface area contributed by atoms with E-state index < -0.39 is 0 Å². The van der Waals surface area contributed by atoms with Crippen LogP contribution in [0.5, 0.6) is 0 Å². The van der Waals surface area contributed by atoms with Gasteiger partial charge >= 0.3 is 0 Å². The summed E-state index contributed by atoms with van der Waals surface area (Å²) >= 11 is 0. The minimum atomic E-state index is -0.0806. The summed E-state index contributed by atoms with van der Waals surface area (Å²) in [6.45, 7) is 21.5. The van der Waals surface area contributed by atoms with E-state index in [1.54, 1.807) is 0 Å². The molecule has 31 heavy (non-hydrogen) atoms. The maximum atomic E-state index is 10.6. The standard InChI is InChI=1S/C30H50O/c1-19(2)20(3)9-10-21(4)23-13-17-30(8)26-12-11-24-22(5)27(31)15-16-28(24,6)25(26)14-18-29(23,30)7/h20-24,27,31H,1,9-18H2,2-8H3/t20-,21+,22-,23?,24-,27-,28-,29+,30-/m0/s1. The minimum Gasteiger partial charge on any atom is -0.393 e. The Labute approximate surface area is 193 Å². The third-order valence-electron chi connectivity index (χ3n) is 12.0. The lowest BCUT2D eigenvalue weighted by atomic mass is 9.45.